The molecule has 1 saturated heterocycles. The number of nitrogens with zero attached hydrogens (tertiary/aromatic N) is 1. The number of hydrogen-bond donors (Lipinski definition) is 2. The summed E-state index contributed by atoms with van der Waals surface area (Å²) < 4.78 is 28.0. The van der Waals surface area contributed by atoms with Gasteiger partial charge < -0.3 is 10.6 Å². The third-order valence-corrected chi connectivity index (χ3v) is 4.70. The molecule has 0 aliphatic carbocycles. The van der Waals surface area contributed by atoms with Gasteiger partial charge in [-0.05, 0) is 36.8 Å². The highest BCUT2D eigenvalue weighted by molar-refractivity contribution is 9.10. The number of urea groups is 1. The Morgan fingerprint density at radius 1 is 1.19 bits per heavy atom. The Balaban J connectivity index is 1.79. The third kappa shape index (κ3) is 3.55. The van der Waals surface area contributed by atoms with Crippen LogP contribution in [-0.2, 0) is 15.1 Å². The summed E-state index contributed by atoms with van der Waals surface area (Å²) in [6.45, 7) is 0.839. The number of para-hydroxylation sites is 1. The molecule has 6 nitrogen and oxygen atoms in total. The van der Waals surface area contributed by atoms with Crippen molar-refractivity contribution in [3.05, 3.63) is 64.1 Å². The number of carbonyl (C=O) groups is 3. The van der Waals surface area contributed by atoms with E-state index in [1.54, 1.807) is 24.3 Å². The molecule has 0 saturated carbocycles. The number of nitrogens with one attached hydrogen (secondary N) is 2. The Kier molecular flexibility index (Phi) is 4.97. The molecule has 3 rings (SSSR count). The number of hydrogen-bond acceptors (Lipinski definition) is 3. The molecule has 0 bridgehead atoms. The van der Waals surface area contributed by atoms with Crippen LogP contribution < -0.4 is 10.6 Å². The Hall–Kier alpha value is -2.81. The summed E-state index contributed by atoms with van der Waals surface area (Å²) in [6.07, 6.45) is 0. The lowest BCUT2D eigenvalue weighted by atomic mass is 9.92. The van der Waals surface area contributed by atoms with E-state index in [0.717, 1.165) is 22.7 Å². The van der Waals surface area contributed by atoms with Crippen LogP contribution in [0.3, 0.4) is 0 Å². The zero-order valence-electron chi connectivity index (χ0n) is 14.1. The summed E-state index contributed by atoms with van der Waals surface area (Å²) in [7, 11) is 0. The number of carbonyl (C=O) groups excluding carboxylic acids is 3. The molecule has 1 aliphatic heterocycles. The van der Waals surface area contributed by atoms with Gasteiger partial charge in [0.25, 0.3) is 5.91 Å². The monoisotopic (exact) mass is 437 g/mol. The number of rotatable bonds is 4. The van der Waals surface area contributed by atoms with E-state index in [1.807, 2.05) is 0 Å². The molecule has 9 heteroatoms. The number of anilines is 1. The fraction of sp³-hybridized carbons (Fsp3) is 0.167. The van der Waals surface area contributed by atoms with Crippen LogP contribution in [0.15, 0.2) is 46.9 Å². The maximum Gasteiger partial charge on any atom is 0.325 e. The molecule has 140 valence electrons. The van der Waals surface area contributed by atoms with Crippen molar-refractivity contribution in [2.75, 3.05) is 11.9 Å². The van der Waals surface area contributed by atoms with Crippen LogP contribution in [0, 0.1) is 11.6 Å². The minimum atomic E-state index is -1.36. The highest BCUT2D eigenvalue weighted by atomic mass is 79.9. The van der Waals surface area contributed by atoms with E-state index in [9.17, 15) is 23.2 Å². The second kappa shape index (κ2) is 7.07. The van der Waals surface area contributed by atoms with Gasteiger partial charge in [0.05, 0.1) is 0 Å². The van der Waals surface area contributed by atoms with Gasteiger partial charge in [0.15, 0.2) is 0 Å². The molecule has 4 amide bonds. The molecule has 0 aromatic heterocycles. The van der Waals surface area contributed by atoms with Crippen molar-refractivity contribution in [1.29, 1.82) is 0 Å². The van der Waals surface area contributed by atoms with E-state index in [-0.39, 0.29) is 0 Å². The predicted octanol–water partition coefficient (Wildman–Crippen LogP) is 3.13. The largest absolute Gasteiger partial charge is 0.325 e. The lowest BCUT2D eigenvalue weighted by Gasteiger charge is -2.22. The summed E-state index contributed by atoms with van der Waals surface area (Å²) in [4.78, 5) is 37.8. The van der Waals surface area contributed by atoms with Crippen LogP contribution in [0.4, 0.5) is 19.3 Å². The number of benzene rings is 2. The minimum absolute atomic E-state index is 0.526. The average molecular weight is 438 g/mol. The lowest BCUT2D eigenvalue weighted by Crippen LogP contribution is -2.42. The van der Waals surface area contributed by atoms with Gasteiger partial charge in [-0.1, -0.05) is 34.1 Å². The first-order chi connectivity index (χ1) is 12.7. The normalized spacial score (nSPS) is 19.2. The molecule has 1 fully saturated rings. The van der Waals surface area contributed by atoms with Crippen molar-refractivity contribution in [2.45, 2.75) is 12.5 Å². The second-order valence-corrected chi connectivity index (χ2v) is 7.02. The van der Waals surface area contributed by atoms with Crippen molar-refractivity contribution in [3.8, 4) is 0 Å². The summed E-state index contributed by atoms with van der Waals surface area (Å²) in [5.74, 6) is -3.46. The topological polar surface area (TPSA) is 78.5 Å². The predicted molar refractivity (Wildman–Crippen MR) is 96.7 cm³/mol. The number of amides is 4. The molecule has 0 radical (unpaired) electrons. The summed E-state index contributed by atoms with van der Waals surface area (Å²) in [5, 5.41) is 4.61. The maximum absolute atomic E-state index is 13.6. The van der Waals surface area contributed by atoms with Crippen molar-refractivity contribution in [1.82, 2.24) is 10.2 Å². The lowest BCUT2D eigenvalue weighted by molar-refractivity contribution is -0.133. The molecule has 1 heterocycles. The Morgan fingerprint density at radius 2 is 1.81 bits per heavy atom. The van der Waals surface area contributed by atoms with Crippen LogP contribution in [0.5, 0.6) is 0 Å². The highest BCUT2D eigenvalue weighted by Crippen LogP contribution is 2.30. The van der Waals surface area contributed by atoms with E-state index in [2.05, 4.69) is 26.6 Å². The summed E-state index contributed by atoms with van der Waals surface area (Å²) >= 11 is 3.30. The Morgan fingerprint density at radius 3 is 2.44 bits per heavy atom. The molecule has 2 N–H and O–H groups in total. The van der Waals surface area contributed by atoms with Crippen molar-refractivity contribution in [3.63, 3.8) is 0 Å². The quantitative estimate of drug-likeness (QED) is 0.721. The smallest absolute Gasteiger partial charge is 0.320 e. The molecule has 1 unspecified atom stereocenters. The molecule has 0 spiro atoms. The van der Waals surface area contributed by atoms with E-state index in [1.165, 1.54) is 6.92 Å². The van der Waals surface area contributed by atoms with Crippen LogP contribution in [0.25, 0.3) is 0 Å². The van der Waals surface area contributed by atoms with Crippen molar-refractivity contribution in [2.24, 2.45) is 0 Å². The minimum Gasteiger partial charge on any atom is -0.320 e. The van der Waals surface area contributed by atoms with Gasteiger partial charge in [0.2, 0.25) is 5.91 Å². The van der Waals surface area contributed by atoms with Crippen LogP contribution in [0.1, 0.15) is 12.5 Å². The molecule has 27 heavy (non-hydrogen) atoms. The molecule has 2 aromatic rings. The number of halogens is 3. The second-order valence-electron chi connectivity index (χ2n) is 6.10. The molecule has 1 aliphatic rings. The van der Waals surface area contributed by atoms with E-state index in [0.29, 0.717) is 10.5 Å². The van der Waals surface area contributed by atoms with Gasteiger partial charge in [-0.3, -0.25) is 14.5 Å². The average Bonchev–Trinajstić information content (AvgIpc) is 2.82. The fourth-order valence-corrected chi connectivity index (χ4v) is 3.17. The Bertz CT molecular complexity index is 933. The first-order valence-corrected chi connectivity index (χ1v) is 8.65. The van der Waals surface area contributed by atoms with E-state index in [4.69, 9.17) is 0 Å². The van der Waals surface area contributed by atoms with Crippen molar-refractivity contribution < 1.29 is 23.2 Å². The first kappa shape index (κ1) is 19.0. The molecular formula is C18H14BrF2N3O3. The van der Waals surface area contributed by atoms with Crippen LogP contribution >= 0.6 is 15.9 Å². The van der Waals surface area contributed by atoms with Gasteiger partial charge in [-0.15, -0.1) is 0 Å². The van der Waals surface area contributed by atoms with Gasteiger partial charge in [-0.25, -0.2) is 13.6 Å². The molecular weight excluding hydrogens is 424 g/mol. The zero-order chi connectivity index (χ0) is 19.8. The van der Waals surface area contributed by atoms with Crippen molar-refractivity contribution >= 4 is 39.5 Å². The van der Waals surface area contributed by atoms with Gasteiger partial charge in [-0.2, -0.15) is 0 Å². The number of imide groups is 1. The highest BCUT2D eigenvalue weighted by Gasteiger charge is 2.49. The molecule has 2 aromatic carbocycles. The maximum atomic E-state index is 13.6. The summed E-state index contributed by atoms with van der Waals surface area (Å²) in [6, 6.07) is 9.17. The van der Waals surface area contributed by atoms with Crippen LogP contribution in [-0.4, -0.2) is 29.3 Å². The third-order valence-electron chi connectivity index (χ3n) is 4.21. The van der Waals surface area contributed by atoms with E-state index < -0.39 is 47.3 Å². The summed E-state index contributed by atoms with van der Waals surface area (Å²) in [5.41, 5.74) is -1.47. The van der Waals surface area contributed by atoms with Gasteiger partial charge in [0, 0.05) is 4.47 Å². The molecule has 1 atom stereocenters. The van der Waals surface area contributed by atoms with E-state index >= 15 is 0 Å². The Labute approximate surface area is 161 Å². The van der Waals surface area contributed by atoms with Gasteiger partial charge >= 0.3 is 6.03 Å². The zero-order valence-corrected chi connectivity index (χ0v) is 15.6. The van der Waals surface area contributed by atoms with Crippen LogP contribution in [0.2, 0.25) is 0 Å². The van der Waals surface area contributed by atoms with Gasteiger partial charge in [0.1, 0.15) is 29.4 Å². The fourth-order valence-electron chi connectivity index (χ4n) is 2.78. The standard InChI is InChI=1S/C18H14BrF2N3O3/c1-18(10-4-2-5-11(19)8-10)16(26)24(17(27)23-18)9-14(25)22-15-12(20)6-3-7-13(15)21/h2-8H,9H2,1H3,(H,22,25)(H,23,27). The first-order valence-electron chi connectivity index (χ1n) is 7.86. The SMILES string of the molecule is CC1(c2cccc(Br)c2)NC(=O)N(CC(=O)Nc2c(F)cccc2F)C1=O.